The van der Waals surface area contributed by atoms with Crippen molar-refractivity contribution in [2.75, 3.05) is 5.32 Å². The van der Waals surface area contributed by atoms with Gasteiger partial charge in [-0.3, -0.25) is 0 Å². The molecule has 1 aliphatic carbocycles. The highest BCUT2D eigenvalue weighted by molar-refractivity contribution is 5.93. The molecule has 0 radical (unpaired) electrons. The first kappa shape index (κ1) is 12.3. The van der Waals surface area contributed by atoms with Gasteiger partial charge in [-0.15, -0.1) is 0 Å². The minimum absolute atomic E-state index is 0.263. The van der Waals surface area contributed by atoms with Gasteiger partial charge in [-0.1, -0.05) is 6.07 Å². The van der Waals surface area contributed by atoms with Crippen LogP contribution < -0.4 is 5.32 Å². The molecule has 0 spiro atoms. The van der Waals surface area contributed by atoms with Gasteiger partial charge in [-0.05, 0) is 49.4 Å². The van der Waals surface area contributed by atoms with Crippen LogP contribution in [-0.4, -0.2) is 15.0 Å². The van der Waals surface area contributed by atoms with E-state index in [1.807, 2.05) is 6.07 Å². The van der Waals surface area contributed by atoms with E-state index < -0.39 is 0 Å². The van der Waals surface area contributed by atoms with E-state index in [-0.39, 0.29) is 5.82 Å². The standard InChI is InChI=1S/C16H15FN4/c17-10-4-3-5-11(8-10)20-15-14-12-6-1-2-7-13(12)21-16(14)19-9-18-15/h3-5,8-9H,1-2,6-7H2,(H2,18,19,20,21). The van der Waals surface area contributed by atoms with Gasteiger partial charge in [0.05, 0.1) is 5.39 Å². The number of nitrogens with zero attached hydrogens (tertiary/aromatic N) is 2. The number of H-pyrrole nitrogens is 1. The lowest BCUT2D eigenvalue weighted by Crippen LogP contribution is -2.01. The van der Waals surface area contributed by atoms with E-state index >= 15 is 0 Å². The average molecular weight is 282 g/mol. The summed E-state index contributed by atoms with van der Waals surface area (Å²) in [6, 6.07) is 6.41. The first-order valence-corrected chi connectivity index (χ1v) is 7.18. The smallest absolute Gasteiger partial charge is 0.143 e. The predicted molar refractivity (Wildman–Crippen MR) is 80.2 cm³/mol. The van der Waals surface area contributed by atoms with Crippen LogP contribution in [0.1, 0.15) is 24.1 Å². The van der Waals surface area contributed by atoms with E-state index in [9.17, 15) is 4.39 Å². The van der Waals surface area contributed by atoms with Gasteiger partial charge in [0, 0.05) is 11.4 Å². The Hall–Kier alpha value is -2.43. The molecule has 4 rings (SSSR count). The van der Waals surface area contributed by atoms with Crippen molar-refractivity contribution in [2.24, 2.45) is 0 Å². The molecule has 4 nitrogen and oxygen atoms in total. The fourth-order valence-electron chi connectivity index (χ4n) is 3.03. The number of aromatic amines is 1. The van der Waals surface area contributed by atoms with E-state index in [4.69, 9.17) is 0 Å². The number of benzene rings is 1. The summed E-state index contributed by atoms with van der Waals surface area (Å²) in [5.41, 5.74) is 4.12. The molecule has 3 aromatic rings. The molecule has 5 heteroatoms. The first-order chi connectivity index (χ1) is 10.3. The van der Waals surface area contributed by atoms with Gasteiger partial charge in [0.15, 0.2) is 0 Å². The van der Waals surface area contributed by atoms with Gasteiger partial charge in [-0.25, -0.2) is 14.4 Å². The number of hydrogen-bond donors (Lipinski definition) is 2. The van der Waals surface area contributed by atoms with Crippen LogP contribution in [0.25, 0.3) is 11.0 Å². The van der Waals surface area contributed by atoms with Crippen LogP contribution in [-0.2, 0) is 12.8 Å². The van der Waals surface area contributed by atoms with Crippen LogP contribution in [0, 0.1) is 5.82 Å². The van der Waals surface area contributed by atoms with Crippen LogP contribution in [0.4, 0.5) is 15.9 Å². The summed E-state index contributed by atoms with van der Waals surface area (Å²) in [6.07, 6.45) is 6.03. The van der Waals surface area contributed by atoms with Gasteiger partial charge < -0.3 is 10.3 Å². The highest BCUT2D eigenvalue weighted by Gasteiger charge is 2.19. The predicted octanol–water partition coefficient (Wildman–Crippen LogP) is 3.72. The molecule has 106 valence electrons. The molecule has 0 aliphatic heterocycles. The Morgan fingerprint density at radius 2 is 2.05 bits per heavy atom. The van der Waals surface area contributed by atoms with Crippen LogP contribution in [0.5, 0.6) is 0 Å². The lowest BCUT2D eigenvalue weighted by atomic mass is 9.96. The van der Waals surface area contributed by atoms with Crippen LogP contribution in [0.3, 0.4) is 0 Å². The molecule has 2 heterocycles. The molecule has 1 aliphatic rings. The number of anilines is 2. The van der Waals surface area contributed by atoms with Crippen molar-refractivity contribution in [3.63, 3.8) is 0 Å². The highest BCUT2D eigenvalue weighted by Crippen LogP contribution is 2.32. The maximum Gasteiger partial charge on any atom is 0.143 e. The number of aryl methyl sites for hydroxylation is 2. The van der Waals surface area contributed by atoms with Gasteiger partial charge in [0.25, 0.3) is 0 Å². The molecular formula is C16H15FN4. The average Bonchev–Trinajstić information content (AvgIpc) is 2.87. The Labute approximate surface area is 121 Å². The third kappa shape index (κ3) is 2.14. The second-order valence-electron chi connectivity index (χ2n) is 5.37. The van der Waals surface area contributed by atoms with Crippen molar-refractivity contribution in [1.82, 2.24) is 15.0 Å². The van der Waals surface area contributed by atoms with Crippen LogP contribution >= 0.6 is 0 Å². The van der Waals surface area contributed by atoms with E-state index in [2.05, 4.69) is 20.3 Å². The quantitative estimate of drug-likeness (QED) is 0.753. The summed E-state index contributed by atoms with van der Waals surface area (Å²) in [6.45, 7) is 0. The number of hydrogen-bond acceptors (Lipinski definition) is 3. The second-order valence-corrected chi connectivity index (χ2v) is 5.37. The summed E-state index contributed by atoms with van der Waals surface area (Å²) >= 11 is 0. The van der Waals surface area contributed by atoms with Crippen molar-refractivity contribution >= 4 is 22.5 Å². The minimum Gasteiger partial charge on any atom is -0.343 e. The fraction of sp³-hybridized carbons (Fsp3) is 0.250. The van der Waals surface area contributed by atoms with Gasteiger partial charge in [0.2, 0.25) is 0 Å². The number of nitrogens with one attached hydrogen (secondary N) is 2. The SMILES string of the molecule is Fc1cccc(Nc2ncnc3[nH]c4c(c23)CCCC4)c1. The Kier molecular flexibility index (Phi) is 2.84. The number of aromatic nitrogens is 3. The zero-order valence-electron chi connectivity index (χ0n) is 11.5. The molecule has 2 aromatic heterocycles. The Balaban J connectivity index is 1.83. The summed E-state index contributed by atoms with van der Waals surface area (Å²) in [5.74, 6) is 0.478. The maximum atomic E-state index is 13.3. The number of halogens is 1. The Bertz CT molecular complexity index is 809. The summed E-state index contributed by atoms with van der Waals surface area (Å²) in [7, 11) is 0. The zero-order chi connectivity index (χ0) is 14.2. The normalized spacial score (nSPS) is 14.1. The van der Waals surface area contributed by atoms with Gasteiger partial charge in [-0.2, -0.15) is 0 Å². The molecule has 21 heavy (non-hydrogen) atoms. The van der Waals surface area contributed by atoms with Crippen LogP contribution in [0.2, 0.25) is 0 Å². The van der Waals surface area contributed by atoms with Gasteiger partial charge >= 0.3 is 0 Å². The third-order valence-electron chi connectivity index (χ3n) is 3.97. The van der Waals surface area contributed by atoms with E-state index in [0.29, 0.717) is 5.69 Å². The summed E-state index contributed by atoms with van der Waals surface area (Å²) < 4.78 is 13.3. The molecule has 0 saturated heterocycles. The molecule has 2 N–H and O–H groups in total. The van der Waals surface area contributed by atoms with Crippen molar-refractivity contribution < 1.29 is 4.39 Å². The zero-order valence-corrected chi connectivity index (χ0v) is 11.5. The van der Waals surface area contributed by atoms with Crippen molar-refractivity contribution in [3.05, 3.63) is 47.7 Å². The van der Waals surface area contributed by atoms with Crippen molar-refractivity contribution in [1.29, 1.82) is 0 Å². The molecule has 0 fully saturated rings. The van der Waals surface area contributed by atoms with Crippen LogP contribution in [0.15, 0.2) is 30.6 Å². The highest BCUT2D eigenvalue weighted by atomic mass is 19.1. The van der Waals surface area contributed by atoms with E-state index in [1.54, 1.807) is 6.07 Å². The molecule has 1 aromatic carbocycles. The Morgan fingerprint density at radius 3 is 2.95 bits per heavy atom. The molecule has 0 amide bonds. The minimum atomic E-state index is -0.263. The molecule has 0 bridgehead atoms. The molecule has 0 saturated carbocycles. The monoisotopic (exact) mass is 282 g/mol. The second kappa shape index (κ2) is 4.84. The van der Waals surface area contributed by atoms with Gasteiger partial charge in [0.1, 0.15) is 23.6 Å². The first-order valence-electron chi connectivity index (χ1n) is 7.18. The Morgan fingerprint density at radius 1 is 1.14 bits per heavy atom. The topological polar surface area (TPSA) is 53.6 Å². The third-order valence-corrected chi connectivity index (χ3v) is 3.97. The molecule has 0 atom stereocenters. The van der Waals surface area contributed by atoms with E-state index in [1.165, 1.54) is 42.6 Å². The maximum absolute atomic E-state index is 13.3. The molecular weight excluding hydrogens is 267 g/mol. The molecule has 0 unspecified atom stereocenters. The number of rotatable bonds is 2. The van der Waals surface area contributed by atoms with E-state index in [0.717, 1.165) is 29.7 Å². The lowest BCUT2D eigenvalue weighted by molar-refractivity contribution is 0.628. The lowest BCUT2D eigenvalue weighted by Gasteiger charge is -2.12. The summed E-state index contributed by atoms with van der Waals surface area (Å²) in [4.78, 5) is 12.1. The largest absolute Gasteiger partial charge is 0.343 e. The summed E-state index contributed by atoms with van der Waals surface area (Å²) in [5, 5.41) is 4.25. The van der Waals surface area contributed by atoms with Crippen molar-refractivity contribution in [2.45, 2.75) is 25.7 Å². The van der Waals surface area contributed by atoms with Crippen molar-refractivity contribution in [3.8, 4) is 0 Å². The fourth-order valence-corrected chi connectivity index (χ4v) is 3.03. The number of fused-ring (bicyclic) bond motifs is 3.